The molecule has 1 fully saturated rings. The Morgan fingerprint density at radius 2 is 2.12 bits per heavy atom. The SMILES string of the molecule is C=C/C=C(\C(=C/C)NC(=O)c1csc(N2Cc3ccc(OC)cc3C2=O)n1)N1CCNCC1. The maximum atomic E-state index is 13.0. The van der Waals surface area contributed by atoms with Crippen LogP contribution in [0.2, 0.25) is 0 Å². The van der Waals surface area contributed by atoms with E-state index in [0.717, 1.165) is 37.4 Å². The van der Waals surface area contributed by atoms with E-state index in [0.29, 0.717) is 28.7 Å². The molecule has 1 aromatic carbocycles. The number of aromatic nitrogens is 1. The average molecular weight is 466 g/mol. The van der Waals surface area contributed by atoms with E-state index in [1.807, 2.05) is 31.2 Å². The number of carbonyl (C=O) groups is 2. The van der Waals surface area contributed by atoms with Crippen LogP contribution in [0.15, 0.2) is 59.8 Å². The lowest BCUT2D eigenvalue weighted by Crippen LogP contribution is -2.44. The fraction of sp³-hybridized carbons (Fsp3) is 0.292. The van der Waals surface area contributed by atoms with Gasteiger partial charge in [0.25, 0.3) is 11.8 Å². The van der Waals surface area contributed by atoms with Crippen molar-refractivity contribution in [3.63, 3.8) is 0 Å². The van der Waals surface area contributed by atoms with Gasteiger partial charge in [0.1, 0.15) is 11.4 Å². The number of benzene rings is 1. The minimum Gasteiger partial charge on any atom is -0.497 e. The highest BCUT2D eigenvalue weighted by Crippen LogP contribution is 2.32. The van der Waals surface area contributed by atoms with Crippen LogP contribution >= 0.6 is 11.3 Å². The number of thiazole rings is 1. The van der Waals surface area contributed by atoms with E-state index in [-0.39, 0.29) is 17.5 Å². The Bertz CT molecular complexity index is 1130. The second-order valence-corrected chi connectivity index (χ2v) is 8.45. The molecule has 0 atom stereocenters. The standard InChI is InChI=1S/C24H27N5O3S/c1-4-6-21(28-11-9-25-10-12-28)19(5-2)26-22(30)20-15-33-24(27-20)29-14-16-7-8-17(32-3)13-18(16)23(29)31/h4-8,13,15,25H,1,9-12,14H2,2-3H3,(H,26,30)/b19-5+,21-6+. The minimum atomic E-state index is -0.318. The predicted octanol–water partition coefficient (Wildman–Crippen LogP) is 2.92. The normalized spacial score (nSPS) is 16.6. The summed E-state index contributed by atoms with van der Waals surface area (Å²) in [7, 11) is 1.57. The highest BCUT2D eigenvalue weighted by atomic mass is 32.1. The second kappa shape index (κ2) is 10.0. The lowest BCUT2D eigenvalue weighted by Gasteiger charge is -2.32. The Balaban J connectivity index is 1.49. The van der Waals surface area contributed by atoms with Gasteiger partial charge in [-0.15, -0.1) is 11.3 Å². The lowest BCUT2D eigenvalue weighted by molar-refractivity contribution is 0.0956. The number of methoxy groups -OCH3 is 1. The van der Waals surface area contributed by atoms with Crippen molar-refractivity contribution in [2.75, 3.05) is 38.2 Å². The number of anilines is 1. The zero-order valence-electron chi connectivity index (χ0n) is 18.8. The van der Waals surface area contributed by atoms with Gasteiger partial charge in [-0.05, 0) is 30.7 Å². The molecular formula is C24H27N5O3S. The first-order chi connectivity index (χ1) is 16.0. The number of nitrogens with zero attached hydrogens (tertiary/aromatic N) is 3. The fourth-order valence-corrected chi connectivity index (χ4v) is 4.71. The Kier molecular flexibility index (Phi) is 6.90. The van der Waals surface area contributed by atoms with Crippen LogP contribution in [-0.4, -0.2) is 55.0 Å². The summed E-state index contributed by atoms with van der Waals surface area (Å²) in [4.78, 5) is 34.2. The van der Waals surface area contributed by atoms with Crippen molar-refractivity contribution in [1.29, 1.82) is 0 Å². The summed E-state index contributed by atoms with van der Waals surface area (Å²) in [6, 6.07) is 5.46. The Labute approximate surface area is 197 Å². The van der Waals surface area contributed by atoms with E-state index >= 15 is 0 Å². The average Bonchev–Trinajstić information content (AvgIpc) is 3.46. The highest BCUT2D eigenvalue weighted by Gasteiger charge is 2.31. The molecule has 0 bridgehead atoms. The summed E-state index contributed by atoms with van der Waals surface area (Å²) >= 11 is 1.27. The van der Waals surface area contributed by atoms with Gasteiger partial charge in [-0.25, -0.2) is 4.98 Å². The third kappa shape index (κ3) is 4.69. The molecule has 0 unspecified atom stereocenters. The van der Waals surface area contributed by atoms with Crippen molar-refractivity contribution in [1.82, 2.24) is 20.5 Å². The van der Waals surface area contributed by atoms with E-state index in [1.165, 1.54) is 11.3 Å². The van der Waals surface area contributed by atoms with E-state index in [4.69, 9.17) is 4.74 Å². The van der Waals surface area contributed by atoms with E-state index < -0.39 is 0 Å². The topological polar surface area (TPSA) is 86.8 Å². The number of ether oxygens (including phenoxy) is 1. The van der Waals surface area contributed by atoms with Crippen LogP contribution in [0, 0.1) is 0 Å². The van der Waals surface area contributed by atoms with Crippen LogP contribution in [-0.2, 0) is 6.54 Å². The van der Waals surface area contributed by atoms with Gasteiger partial charge in [0, 0.05) is 37.1 Å². The predicted molar refractivity (Wildman–Crippen MR) is 130 cm³/mol. The fourth-order valence-electron chi connectivity index (χ4n) is 3.91. The molecule has 0 aliphatic carbocycles. The van der Waals surface area contributed by atoms with Gasteiger partial charge >= 0.3 is 0 Å². The first kappa shape index (κ1) is 22.8. The molecule has 2 aliphatic rings. The molecule has 2 aromatic rings. The number of hydrogen-bond donors (Lipinski definition) is 2. The second-order valence-electron chi connectivity index (χ2n) is 7.61. The Hall–Kier alpha value is -3.43. The molecule has 172 valence electrons. The van der Waals surface area contributed by atoms with Crippen LogP contribution in [0.3, 0.4) is 0 Å². The van der Waals surface area contributed by atoms with Crippen LogP contribution in [0.25, 0.3) is 0 Å². The van der Waals surface area contributed by atoms with Crippen molar-refractivity contribution in [2.24, 2.45) is 0 Å². The van der Waals surface area contributed by atoms with Gasteiger partial charge < -0.3 is 20.3 Å². The molecule has 2 N–H and O–H groups in total. The van der Waals surface area contributed by atoms with Crippen molar-refractivity contribution in [2.45, 2.75) is 13.5 Å². The molecular weight excluding hydrogens is 438 g/mol. The van der Waals surface area contributed by atoms with Gasteiger partial charge in [-0.1, -0.05) is 24.8 Å². The number of rotatable bonds is 7. The smallest absolute Gasteiger partial charge is 0.275 e. The molecule has 4 rings (SSSR count). The minimum absolute atomic E-state index is 0.144. The largest absolute Gasteiger partial charge is 0.497 e. The summed E-state index contributed by atoms with van der Waals surface area (Å²) in [5.41, 5.74) is 3.40. The van der Waals surface area contributed by atoms with Crippen LogP contribution < -0.4 is 20.3 Å². The Morgan fingerprint density at radius 3 is 2.82 bits per heavy atom. The zero-order chi connectivity index (χ0) is 23.4. The van der Waals surface area contributed by atoms with E-state index in [2.05, 4.69) is 27.1 Å². The quantitative estimate of drug-likeness (QED) is 0.612. The maximum Gasteiger partial charge on any atom is 0.275 e. The number of allylic oxidation sites excluding steroid dienone is 3. The summed E-state index contributed by atoms with van der Waals surface area (Å²) in [6.45, 7) is 9.57. The van der Waals surface area contributed by atoms with E-state index in [1.54, 1.807) is 29.5 Å². The molecule has 8 nitrogen and oxygen atoms in total. The molecule has 0 spiro atoms. The van der Waals surface area contributed by atoms with Crippen molar-refractivity contribution in [3.05, 3.63) is 76.6 Å². The van der Waals surface area contributed by atoms with Gasteiger partial charge in [-0.2, -0.15) is 0 Å². The lowest BCUT2D eigenvalue weighted by atomic mass is 10.1. The summed E-state index contributed by atoms with van der Waals surface area (Å²) in [5, 5.41) is 8.48. The van der Waals surface area contributed by atoms with Crippen molar-refractivity contribution in [3.8, 4) is 5.75 Å². The van der Waals surface area contributed by atoms with Crippen LogP contribution in [0.4, 0.5) is 5.13 Å². The van der Waals surface area contributed by atoms with Gasteiger partial charge in [0.15, 0.2) is 5.13 Å². The summed E-state index contributed by atoms with van der Waals surface area (Å²) in [6.07, 6.45) is 5.50. The number of amides is 2. The number of nitrogens with one attached hydrogen (secondary N) is 2. The number of carbonyl (C=O) groups excluding carboxylic acids is 2. The van der Waals surface area contributed by atoms with Crippen molar-refractivity contribution >= 4 is 28.3 Å². The van der Waals surface area contributed by atoms with Crippen LogP contribution in [0.1, 0.15) is 33.3 Å². The molecule has 1 aromatic heterocycles. The molecule has 0 radical (unpaired) electrons. The molecule has 3 heterocycles. The van der Waals surface area contributed by atoms with Gasteiger partial charge in [-0.3, -0.25) is 14.5 Å². The highest BCUT2D eigenvalue weighted by molar-refractivity contribution is 7.14. The summed E-state index contributed by atoms with van der Waals surface area (Å²) in [5.74, 6) is 0.172. The Morgan fingerprint density at radius 1 is 1.33 bits per heavy atom. The molecule has 33 heavy (non-hydrogen) atoms. The first-order valence-electron chi connectivity index (χ1n) is 10.8. The first-order valence-corrected chi connectivity index (χ1v) is 11.6. The van der Waals surface area contributed by atoms with Gasteiger partial charge in [0.2, 0.25) is 0 Å². The maximum absolute atomic E-state index is 13.0. The zero-order valence-corrected chi connectivity index (χ0v) is 19.6. The number of fused-ring (bicyclic) bond motifs is 1. The van der Waals surface area contributed by atoms with Crippen LogP contribution in [0.5, 0.6) is 5.75 Å². The van der Waals surface area contributed by atoms with E-state index in [9.17, 15) is 9.59 Å². The molecule has 9 heteroatoms. The molecule has 2 amide bonds. The third-order valence-corrected chi connectivity index (χ3v) is 6.49. The summed E-state index contributed by atoms with van der Waals surface area (Å²) < 4.78 is 5.23. The molecule has 1 saturated heterocycles. The van der Waals surface area contributed by atoms with Gasteiger partial charge in [0.05, 0.1) is 25.0 Å². The van der Waals surface area contributed by atoms with Crippen molar-refractivity contribution < 1.29 is 14.3 Å². The number of hydrogen-bond acceptors (Lipinski definition) is 7. The molecule has 2 aliphatic heterocycles. The monoisotopic (exact) mass is 465 g/mol. The third-order valence-electron chi connectivity index (χ3n) is 5.62. The molecule has 0 saturated carbocycles. The number of piperazine rings is 1.